The molecule has 0 spiro atoms. The van der Waals surface area contributed by atoms with Crippen molar-refractivity contribution in [2.45, 2.75) is 109 Å². The molecule has 3 heteroatoms. The second kappa shape index (κ2) is 17.6. The van der Waals surface area contributed by atoms with Crippen LogP contribution in [0.4, 0.5) is 0 Å². The van der Waals surface area contributed by atoms with Crippen LogP contribution in [0.2, 0.25) is 10.8 Å². The van der Waals surface area contributed by atoms with E-state index in [4.69, 9.17) is 0 Å². The zero-order valence-electron chi connectivity index (χ0n) is 23.4. The van der Waals surface area contributed by atoms with Gasteiger partial charge >= 0.3 is 28.8 Å². The summed E-state index contributed by atoms with van der Waals surface area (Å²) in [5.41, 5.74) is 19.1. The van der Waals surface area contributed by atoms with Gasteiger partial charge in [-0.25, -0.2) is 4.70 Å². The molecule has 0 aromatic heterocycles. The summed E-state index contributed by atoms with van der Waals surface area (Å²) >= 11 is 0.950. The molecule has 2 nitrogen and oxygen atoms in total. The van der Waals surface area contributed by atoms with Crippen LogP contribution in [0.15, 0.2) is 60.2 Å². The molecular weight excluding hydrogens is 531 g/mol. The van der Waals surface area contributed by atoms with E-state index in [9.17, 15) is 5.53 Å². The number of allylic oxidation sites excluding steroid dienone is 2. The van der Waals surface area contributed by atoms with Gasteiger partial charge in [0.2, 0.25) is 11.4 Å². The molecule has 200 valence electrons. The maximum atomic E-state index is 11.3. The molecule has 1 aliphatic heterocycles. The third kappa shape index (κ3) is 9.91. The molecule has 0 saturated carbocycles. The van der Waals surface area contributed by atoms with Gasteiger partial charge < -0.3 is 5.53 Å². The van der Waals surface area contributed by atoms with Crippen molar-refractivity contribution >= 4 is 11.4 Å². The van der Waals surface area contributed by atoms with Gasteiger partial charge in [-0.15, -0.1) is 0 Å². The number of rotatable bonds is 14. The molecule has 36 heavy (non-hydrogen) atoms. The summed E-state index contributed by atoms with van der Waals surface area (Å²) in [5.74, 6) is 0. The molecule has 2 aromatic carbocycles. The number of hydrogen-bond acceptors (Lipinski definition) is 0. The molecule has 0 atom stereocenters. The first kappa shape index (κ1) is 30.4. The van der Waals surface area contributed by atoms with E-state index in [0.717, 1.165) is 53.3 Å². The van der Waals surface area contributed by atoms with E-state index in [2.05, 4.69) is 86.2 Å². The monoisotopic (exact) mass is 578 g/mol. The first-order valence-corrected chi connectivity index (χ1v) is 17.0. The fourth-order valence-electron chi connectivity index (χ4n) is 4.74. The van der Waals surface area contributed by atoms with Crippen LogP contribution in [-0.4, -0.2) is 4.70 Å². The van der Waals surface area contributed by atoms with Crippen molar-refractivity contribution in [1.82, 2.24) is 0 Å². The molecule has 0 fully saturated rings. The number of aryl methyl sites for hydroxylation is 2. The van der Waals surface area contributed by atoms with Crippen LogP contribution in [0.5, 0.6) is 0 Å². The van der Waals surface area contributed by atoms with Crippen molar-refractivity contribution in [2.24, 2.45) is 0 Å². The van der Waals surface area contributed by atoms with E-state index in [0.29, 0.717) is 0 Å². The molecule has 0 N–H and O–H groups in total. The summed E-state index contributed by atoms with van der Waals surface area (Å²) in [6.45, 7) is 6.63. The van der Waals surface area contributed by atoms with Crippen LogP contribution in [0.25, 0.3) is 16.9 Å². The topological polar surface area (TPSA) is 25.3 Å². The molecule has 0 amide bonds. The summed E-state index contributed by atoms with van der Waals surface area (Å²) < 4.78 is 1.43. The van der Waals surface area contributed by atoms with E-state index in [1.807, 2.05) is 0 Å². The van der Waals surface area contributed by atoms with Crippen LogP contribution in [0.3, 0.4) is 0 Å². The molecule has 1 heterocycles. The standard InChI is InChI=1S/C31H42N2.2CH3.Pd/c1-4-6-8-10-11-13-17-29-24-30(33(32)31(29)28-18-14-15-25(3)23-28)27-21-19-26(20-22-27)16-12-9-7-5-2;;;/h14-15,18-24H,4-13,16-17H2,1-3H3;2*1H3;. The average molecular weight is 579 g/mol. The molecule has 3 rings (SSSR count). The molecule has 1 aliphatic rings. The van der Waals surface area contributed by atoms with Crippen molar-refractivity contribution in [3.63, 3.8) is 0 Å². The SMILES string of the molecule is CCCCCCCCC1=C(c2cccc(C)c2)[N+](=[N-])C(c2ccc(CCCCCC)cc2)=C1.[CH3][Pd][CH3]. The molecule has 0 saturated heterocycles. The predicted octanol–water partition coefficient (Wildman–Crippen LogP) is 10.8. The Morgan fingerprint density at radius 3 is 1.94 bits per heavy atom. The van der Waals surface area contributed by atoms with E-state index < -0.39 is 0 Å². The van der Waals surface area contributed by atoms with Crippen molar-refractivity contribution < 1.29 is 22.7 Å². The Balaban J connectivity index is 0.00000145. The number of benzene rings is 2. The quantitative estimate of drug-likeness (QED) is 0.121. The van der Waals surface area contributed by atoms with Crippen LogP contribution in [-0.2, 0) is 24.4 Å². The molecule has 0 aliphatic carbocycles. The third-order valence-corrected chi connectivity index (χ3v) is 6.71. The Bertz CT molecular complexity index is 985. The summed E-state index contributed by atoms with van der Waals surface area (Å²) in [4.78, 5) is 0. The zero-order valence-corrected chi connectivity index (χ0v) is 24.9. The Labute approximate surface area is 230 Å². The van der Waals surface area contributed by atoms with Crippen molar-refractivity contribution in [1.29, 1.82) is 0 Å². The van der Waals surface area contributed by atoms with Crippen LogP contribution in [0, 0.1) is 6.92 Å². The average Bonchev–Trinajstić information content (AvgIpc) is 3.20. The first-order valence-electron chi connectivity index (χ1n) is 13.9. The minimum atomic E-state index is 0.894. The maximum absolute atomic E-state index is 11.3. The predicted molar refractivity (Wildman–Crippen MR) is 154 cm³/mol. The second-order valence-corrected chi connectivity index (χ2v) is 11.5. The molecule has 0 unspecified atom stereocenters. The first-order chi connectivity index (χ1) is 17.5. The van der Waals surface area contributed by atoms with Gasteiger partial charge in [-0.1, -0.05) is 95.0 Å². The van der Waals surface area contributed by atoms with Crippen LogP contribution >= 0.6 is 0 Å². The Kier molecular flexibility index (Phi) is 14.9. The summed E-state index contributed by atoms with van der Waals surface area (Å²) in [6.07, 6.45) is 17.2. The normalized spacial score (nSPS) is 13.1. The van der Waals surface area contributed by atoms with Crippen molar-refractivity contribution in [3.8, 4) is 0 Å². The van der Waals surface area contributed by atoms with Gasteiger partial charge in [-0.3, -0.25) is 0 Å². The van der Waals surface area contributed by atoms with Crippen molar-refractivity contribution in [3.05, 3.63) is 88.0 Å². The fraction of sp³-hybridized carbons (Fsp3) is 0.515. The zero-order chi connectivity index (χ0) is 26.2. The van der Waals surface area contributed by atoms with Crippen molar-refractivity contribution in [2.75, 3.05) is 0 Å². The molecular formula is C33H48N2Pd. The van der Waals surface area contributed by atoms with E-state index in [1.165, 1.54) is 85.6 Å². The summed E-state index contributed by atoms with van der Waals surface area (Å²) in [7, 11) is 0. The molecule has 0 radical (unpaired) electrons. The van der Waals surface area contributed by atoms with Gasteiger partial charge in [0.25, 0.3) is 0 Å². The van der Waals surface area contributed by atoms with Gasteiger partial charge in [0.15, 0.2) is 0 Å². The van der Waals surface area contributed by atoms with E-state index in [-0.39, 0.29) is 0 Å². The fourth-order valence-corrected chi connectivity index (χ4v) is 4.74. The minimum absolute atomic E-state index is 0.894. The van der Waals surface area contributed by atoms with Gasteiger partial charge in [-0.05, 0) is 62.4 Å². The summed E-state index contributed by atoms with van der Waals surface area (Å²) in [6, 6.07) is 17.3. The second-order valence-electron chi connectivity index (χ2n) is 9.93. The van der Waals surface area contributed by atoms with E-state index >= 15 is 0 Å². The number of hydrogen-bond donors (Lipinski definition) is 0. The Morgan fingerprint density at radius 2 is 1.31 bits per heavy atom. The van der Waals surface area contributed by atoms with E-state index in [1.54, 1.807) is 0 Å². The number of nitrogens with zero attached hydrogens (tertiary/aromatic N) is 2. The third-order valence-electron chi connectivity index (χ3n) is 6.71. The van der Waals surface area contributed by atoms with Gasteiger partial charge in [0.05, 0.1) is 0 Å². The summed E-state index contributed by atoms with van der Waals surface area (Å²) in [5, 5.41) is 4.35. The van der Waals surface area contributed by atoms with Gasteiger partial charge in [0, 0.05) is 22.8 Å². The molecule has 2 aromatic rings. The van der Waals surface area contributed by atoms with Crippen LogP contribution in [0.1, 0.15) is 107 Å². The van der Waals surface area contributed by atoms with Gasteiger partial charge in [0.1, 0.15) is 0 Å². The Morgan fingerprint density at radius 1 is 0.722 bits per heavy atom. The van der Waals surface area contributed by atoms with Gasteiger partial charge in [-0.2, -0.15) is 0 Å². The Hall–Kier alpha value is -1.82. The van der Waals surface area contributed by atoms with Crippen LogP contribution < -0.4 is 0 Å². The number of unbranched alkanes of at least 4 members (excludes halogenated alkanes) is 8. The molecule has 0 bridgehead atoms.